The first kappa shape index (κ1) is 14.3. The second kappa shape index (κ2) is 5.87. The van der Waals surface area contributed by atoms with Gasteiger partial charge in [0.25, 0.3) is 0 Å². The van der Waals surface area contributed by atoms with Gasteiger partial charge in [0.2, 0.25) is 0 Å². The molecule has 1 aromatic rings. The number of hydrogen-bond donors (Lipinski definition) is 1. The number of carbonyl (C=O) groups is 1. The number of aliphatic hydroxyl groups is 1. The summed E-state index contributed by atoms with van der Waals surface area (Å²) < 4.78 is 0. The predicted molar refractivity (Wildman–Crippen MR) is 77.6 cm³/mol. The van der Waals surface area contributed by atoms with Crippen LogP contribution < -0.4 is 0 Å². The summed E-state index contributed by atoms with van der Waals surface area (Å²) in [6.07, 6.45) is 4.49. The topological polar surface area (TPSA) is 37.3 Å². The van der Waals surface area contributed by atoms with E-state index in [1.54, 1.807) is 0 Å². The first-order valence-corrected chi connectivity index (χ1v) is 7.31. The van der Waals surface area contributed by atoms with Crippen molar-refractivity contribution in [3.63, 3.8) is 0 Å². The van der Waals surface area contributed by atoms with Crippen molar-refractivity contribution in [2.24, 2.45) is 5.92 Å². The Kier molecular flexibility index (Phi) is 4.41. The molecular weight excluding hydrogens is 236 g/mol. The average molecular weight is 260 g/mol. The molecule has 19 heavy (non-hydrogen) atoms. The van der Waals surface area contributed by atoms with E-state index in [1.807, 2.05) is 6.07 Å². The fourth-order valence-corrected chi connectivity index (χ4v) is 2.83. The molecule has 0 aromatic heterocycles. The van der Waals surface area contributed by atoms with E-state index in [1.165, 1.54) is 12.0 Å². The van der Waals surface area contributed by atoms with Gasteiger partial charge < -0.3 is 5.11 Å². The summed E-state index contributed by atoms with van der Waals surface area (Å²) in [5, 5.41) is 9.64. The van der Waals surface area contributed by atoms with Gasteiger partial charge in [-0.25, -0.2) is 0 Å². The molecule has 2 rings (SSSR count). The molecule has 0 saturated heterocycles. The lowest BCUT2D eigenvalue weighted by atomic mass is 9.75. The second-order valence-electron chi connectivity index (χ2n) is 6.12. The lowest BCUT2D eigenvalue weighted by molar-refractivity contribution is 0.112. The van der Waals surface area contributed by atoms with Gasteiger partial charge in [0.15, 0.2) is 0 Å². The summed E-state index contributed by atoms with van der Waals surface area (Å²) in [6, 6.07) is 4.13. The fraction of sp³-hybridized carbons (Fsp3) is 0.588. The summed E-state index contributed by atoms with van der Waals surface area (Å²) in [5.41, 5.74) is 4.02. The Labute approximate surface area is 115 Å². The highest BCUT2D eigenvalue weighted by Gasteiger charge is 2.26. The lowest BCUT2D eigenvalue weighted by Crippen LogP contribution is -2.15. The predicted octanol–water partition coefficient (Wildman–Crippen LogP) is 4.02. The highest BCUT2D eigenvalue weighted by Crippen LogP contribution is 2.41. The molecule has 0 radical (unpaired) electrons. The van der Waals surface area contributed by atoms with E-state index in [4.69, 9.17) is 0 Å². The van der Waals surface area contributed by atoms with Gasteiger partial charge in [-0.15, -0.1) is 0 Å². The van der Waals surface area contributed by atoms with E-state index in [-0.39, 0.29) is 6.61 Å². The van der Waals surface area contributed by atoms with Crippen LogP contribution >= 0.6 is 0 Å². The summed E-state index contributed by atoms with van der Waals surface area (Å²) in [4.78, 5) is 11.4. The molecule has 1 N–H and O–H groups in total. The molecule has 1 saturated carbocycles. The Morgan fingerprint density at radius 3 is 2.42 bits per heavy atom. The zero-order valence-electron chi connectivity index (χ0n) is 12.1. The molecule has 0 amide bonds. The van der Waals surface area contributed by atoms with E-state index in [9.17, 15) is 9.90 Å². The minimum atomic E-state index is 0.0331. The van der Waals surface area contributed by atoms with Crippen molar-refractivity contribution >= 4 is 6.29 Å². The Morgan fingerprint density at radius 2 is 2.00 bits per heavy atom. The first-order chi connectivity index (χ1) is 9.08. The third kappa shape index (κ3) is 2.74. The van der Waals surface area contributed by atoms with Gasteiger partial charge in [0.1, 0.15) is 6.29 Å². The van der Waals surface area contributed by atoms with Gasteiger partial charge >= 0.3 is 0 Å². The number of carbonyl (C=O) groups excluding carboxylic acids is 1. The smallest absolute Gasteiger partial charge is 0.150 e. The molecule has 0 aliphatic heterocycles. The van der Waals surface area contributed by atoms with Crippen molar-refractivity contribution in [1.29, 1.82) is 0 Å². The van der Waals surface area contributed by atoms with Gasteiger partial charge in [-0.3, -0.25) is 4.79 Å². The van der Waals surface area contributed by atoms with Crippen LogP contribution in [0.2, 0.25) is 0 Å². The van der Waals surface area contributed by atoms with Crippen LogP contribution in [0.3, 0.4) is 0 Å². The quantitative estimate of drug-likeness (QED) is 0.812. The Hall–Kier alpha value is -1.15. The third-order valence-corrected chi connectivity index (χ3v) is 4.66. The minimum absolute atomic E-state index is 0.0331. The Morgan fingerprint density at radius 1 is 1.32 bits per heavy atom. The second-order valence-corrected chi connectivity index (χ2v) is 6.12. The first-order valence-electron chi connectivity index (χ1n) is 7.31. The van der Waals surface area contributed by atoms with Gasteiger partial charge in [-0.1, -0.05) is 33.3 Å². The SMILES string of the molecule is CC(C)C(C)c1cc(C=O)c(C2CCC2)c(CO)c1. The molecular formula is C17H24O2. The van der Waals surface area contributed by atoms with E-state index >= 15 is 0 Å². The van der Waals surface area contributed by atoms with Gasteiger partial charge in [-0.2, -0.15) is 0 Å². The van der Waals surface area contributed by atoms with Crippen LogP contribution in [0, 0.1) is 5.92 Å². The van der Waals surface area contributed by atoms with Gasteiger partial charge in [-0.05, 0) is 53.4 Å². The van der Waals surface area contributed by atoms with E-state index in [0.29, 0.717) is 17.8 Å². The maximum atomic E-state index is 11.4. The molecule has 1 aliphatic carbocycles. The van der Waals surface area contributed by atoms with Crippen LogP contribution in [0.1, 0.15) is 78.9 Å². The van der Waals surface area contributed by atoms with Crippen molar-refractivity contribution in [2.75, 3.05) is 0 Å². The normalized spacial score (nSPS) is 17.3. The average Bonchev–Trinajstić information content (AvgIpc) is 2.35. The van der Waals surface area contributed by atoms with E-state index in [0.717, 1.165) is 35.8 Å². The maximum Gasteiger partial charge on any atom is 0.150 e. The number of aldehydes is 1. The van der Waals surface area contributed by atoms with Gasteiger partial charge in [0, 0.05) is 5.56 Å². The monoisotopic (exact) mass is 260 g/mol. The lowest BCUT2D eigenvalue weighted by Gasteiger charge is -2.30. The fourth-order valence-electron chi connectivity index (χ4n) is 2.83. The van der Waals surface area contributed by atoms with Crippen LogP contribution in [-0.4, -0.2) is 11.4 Å². The molecule has 0 spiro atoms. The van der Waals surface area contributed by atoms with Crippen molar-refractivity contribution in [3.8, 4) is 0 Å². The van der Waals surface area contributed by atoms with E-state index < -0.39 is 0 Å². The van der Waals surface area contributed by atoms with Crippen molar-refractivity contribution in [1.82, 2.24) is 0 Å². The van der Waals surface area contributed by atoms with Crippen LogP contribution in [0.4, 0.5) is 0 Å². The Bertz CT molecular complexity index is 459. The van der Waals surface area contributed by atoms with Crippen LogP contribution in [0.5, 0.6) is 0 Å². The Balaban J connectivity index is 2.47. The standard InChI is InChI=1S/C17H24O2/c1-11(2)12(3)14-7-15(9-18)17(13-5-4-6-13)16(8-14)10-19/h7-9,11-13,19H,4-6,10H2,1-3H3. The zero-order chi connectivity index (χ0) is 14.0. The molecule has 1 aromatic carbocycles. The van der Waals surface area contributed by atoms with Crippen molar-refractivity contribution in [2.45, 2.75) is 58.5 Å². The van der Waals surface area contributed by atoms with E-state index in [2.05, 4.69) is 26.8 Å². The zero-order valence-corrected chi connectivity index (χ0v) is 12.1. The summed E-state index contributed by atoms with van der Waals surface area (Å²) >= 11 is 0. The van der Waals surface area contributed by atoms with Crippen LogP contribution in [0.25, 0.3) is 0 Å². The largest absolute Gasteiger partial charge is 0.392 e. The van der Waals surface area contributed by atoms with Crippen molar-refractivity contribution in [3.05, 3.63) is 34.4 Å². The molecule has 1 unspecified atom stereocenters. The van der Waals surface area contributed by atoms with Crippen LogP contribution in [0.15, 0.2) is 12.1 Å². The van der Waals surface area contributed by atoms with Crippen LogP contribution in [-0.2, 0) is 6.61 Å². The van der Waals surface area contributed by atoms with Gasteiger partial charge in [0.05, 0.1) is 6.61 Å². The number of benzene rings is 1. The summed E-state index contributed by atoms with van der Waals surface area (Å²) in [6.45, 7) is 6.58. The third-order valence-electron chi connectivity index (χ3n) is 4.66. The number of hydrogen-bond acceptors (Lipinski definition) is 2. The maximum absolute atomic E-state index is 11.4. The molecule has 2 heteroatoms. The number of rotatable bonds is 5. The highest BCUT2D eigenvalue weighted by molar-refractivity contribution is 5.79. The molecule has 1 aliphatic rings. The molecule has 2 nitrogen and oxygen atoms in total. The summed E-state index contributed by atoms with van der Waals surface area (Å²) in [5.74, 6) is 1.41. The van der Waals surface area contributed by atoms with Crippen molar-refractivity contribution < 1.29 is 9.90 Å². The molecule has 0 heterocycles. The number of aliphatic hydroxyl groups excluding tert-OH is 1. The molecule has 1 fully saturated rings. The molecule has 1 atom stereocenters. The minimum Gasteiger partial charge on any atom is -0.392 e. The highest BCUT2D eigenvalue weighted by atomic mass is 16.3. The summed E-state index contributed by atoms with van der Waals surface area (Å²) in [7, 11) is 0. The molecule has 0 bridgehead atoms. The molecule has 104 valence electrons.